The van der Waals surface area contributed by atoms with Crippen molar-refractivity contribution < 1.29 is 8.42 Å². The second kappa shape index (κ2) is 4.66. The quantitative estimate of drug-likeness (QED) is 0.755. The predicted molar refractivity (Wildman–Crippen MR) is 66.6 cm³/mol. The van der Waals surface area contributed by atoms with Crippen LogP contribution in [-0.4, -0.2) is 39.0 Å². The van der Waals surface area contributed by atoms with E-state index in [9.17, 15) is 8.42 Å². The smallest absolute Gasteiger partial charge is 0.245 e. The van der Waals surface area contributed by atoms with Gasteiger partial charge in [0.25, 0.3) is 0 Å². The minimum Gasteiger partial charge on any atom is -0.315 e. The van der Waals surface area contributed by atoms with E-state index >= 15 is 0 Å². The number of pyridine rings is 1. The summed E-state index contributed by atoms with van der Waals surface area (Å²) in [6, 6.07) is 4.63. The van der Waals surface area contributed by atoms with E-state index in [0.29, 0.717) is 18.9 Å². The summed E-state index contributed by atoms with van der Waals surface area (Å²) in [6.07, 6.45) is 2.79. The topological polar surface area (TPSA) is 105 Å². The molecule has 102 valence electrons. The Morgan fingerprint density at radius 1 is 1.30 bits per heavy atom. The average molecular weight is 290 g/mol. The summed E-state index contributed by atoms with van der Waals surface area (Å²) in [7, 11) is -3.63. The Morgan fingerprint density at radius 2 is 2.15 bits per heavy atom. The molecule has 9 heteroatoms. The number of aromatic nitrogens is 4. The summed E-state index contributed by atoms with van der Waals surface area (Å²) in [5.74, 6) is 0.612. The van der Waals surface area contributed by atoms with Gasteiger partial charge in [0, 0.05) is 19.3 Å². The number of rotatable bonds is 2. The molecule has 2 aromatic heterocycles. The molecule has 0 aliphatic carbocycles. The van der Waals surface area contributed by atoms with Crippen LogP contribution in [0.4, 0.5) is 0 Å². The summed E-state index contributed by atoms with van der Waals surface area (Å²) < 4.78 is 28.1. The van der Waals surface area contributed by atoms with Crippen molar-refractivity contribution in [2.24, 2.45) is 0 Å². The molecule has 0 saturated heterocycles. The van der Waals surface area contributed by atoms with Crippen molar-refractivity contribution in [2.45, 2.75) is 18.0 Å². The van der Waals surface area contributed by atoms with E-state index in [4.69, 9.17) is 5.26 Å². The first-order chi connectivity index (χ1) is 9.61. The molecule has 0 amide bonds. The third kappa shape index (κ3) is 2.04. The van der Waals surface area contributed by atoms with E-state index < -0.39 is 10.0 Å². The van der Waals surface area contributed by atoms with Crippen molar-refractivity contribution in [3.05, 3.63) is 36.2 Å². The van der Waals surface area contributed by atoms with Crippen LogP contribution in [0.25, 0.3) is 0 Å². The highest BCUT2D eigenvalue weighted by atomic mass is 32.2. The van der Waals surface area contributed by atoms with Gasteiger partial charge in [0.15, 0.2) is 0 Å². The second-order valence-electron chi connectivity index (χ2n) is 4.27. The number of hydrogen-bond acceptors (Lipinski definition) is 6. The van der Waals surface area contributed by atoms with Crippen molar-refractivity contribution in [1.29, 1.82) is 5.26 Å². The Hall–Kier alpha value is -2.31. The van der Waals surface area contributed by atoms with E-state index in [2.05, 4.69) is 15.2 Å². The summed E-state index contributed by atoms with van der Waals surface area (Å²) in [5, 5.41) is 16.3. The van der Waals surface area contributed by atoms with Crippen LogP contribution in [0.3, 0.4) is 0 Å². The number of hydrogen-bond donors (Lipinski definition) is 0. The van der Waals surface area contributed by atoms with Crippen LogP contribution in [0.5, 0.6) is 0 Å². The van der Waals surface area contributed by atoms with Crippen molar-refractivity contribution >= 4 is 10.0 Å². The van der Waals surface area contributed by atoms with Crippen LogP contribution in [-0.2, 0) is 23.1 Å². The Labute approximate surface area is 115 Å². The zero-order chi connectivity index (χ0) is 14.2. The van der Waals surface area contributed by atoms with Crippen molar-refractivity contribution in [3.63, 3.8) is 0 Å². The molecule has 1 aliphatic rings. The van der Waals surface area contributed by atoms with Crippen LogP contribution in [0.15, 0.2) is 29.6 Å². The van der Waals surface area contributed by atoms with E-state index in [1.54, 1.807) is 6.33 Å². The lowest BCUT2D eigenvalue weighted by molar-refractivity contribution is 0.335. The van der Waals surface area contributed by atoms with E-state index in [1.165, 1.54) is 22.6 Å². The lowest BCUT2D eigenvalue weighted by Gasteiger charge is -2.26. The van der Waals surface area contributed by atoms with E-state index in [1.807, 2.05) is 10.6 Å². The molecule has 8 nitrogen and oxygen atoms in total. The minimum atomic E-state index is -3.63. The molecule has 3 rings (SSSR count). The maximum absolute atomic E-state index is 12.5. The SMILES string of the molecule is N#Cc1ccc(S(=O)(=O)N2CCn3cnnc3C2)cn1. The Morgan fingerprint density at radius 3 is 2.85 bits per heavy atom. The van der Waals surface area contributed by atoms with Crippen molar-refractivity contribution in [1.82, 2.24) is 24.1 Å². The first-order valence-electron chi connectivity index (χ1n) is 5.84. The third-order valence-electron chi connectivity index (χ3n) is 3.09. The van der Waals surface area contributed by atoms with E-state index in [0.717, 1.165) is 0 Å². The van der Waals surface area contributed by atoms with Crippen LogP contribution >= 0.6 is 0 Å². The van der Waals surface area contributed by atoms with Gasteiger partial charge in [0.05, 0.1) is 6.54 Å². The zero-order valence-electron chi connectivity index (χ0n) is 10.3. The molecule has 0 unspecified atom stereocenters. The number of fused-ring (bicyclic) bond motifs is 1. The third-order valence-corrected chi connectivity index (χ3v) is 4.92. The van der Waals surface area contributed by atoms with Gasteiger partial charge in [-0.2, -0.15) is 9.57 Å². The monoisotopic (exact) mass is 290 g/mol. The molecule has 1 aliphatic heterocycles. The molecule has 0 radical (unpaired) electrons. The predicted octanol–water partition coefficient (Wildman–Crippen LogP) is -0.251. The highest BCUT2D eigenvalue weighted by molar-refractivity contribution is 7.89. The maximum Gasteiger partial charge on any atom is 0.245 e. The molecule has 2 aromatic rings. The van der Waals surface area contributed by atoms with Crippen LogP contribution in [0.2, 0.25) is 0 Å². The normalized spacial score (nSPS) is 15.6. The molecular weight excluding hydrogens is 280 g/mol. The van der Waals surface area contributed by atoms with Crippen LogP contribution in [0, 0.1) is 11.3 Å². The maximum atomic E-state index is 12.5. The standard InChI is InChI=1S/C11H10N6O2S/c12-5-9-1-2-10(6-13-9)20(18,19)17-4-3-16-8-14-15-11(16)7-17/h1-2,6,8H,3-4,7H2. The van der Waals surface area contributed by atoms with Gasteiger partial charge >= 0.3 is 0 Å². The Kier molecular flexibility index (Phi) is 2.96. The van der Waals surface area contributed by atoms with Crippen LogP contribution in [0.1, 0.15) is 11.5 Å². The molecular formula is C11H10N6O2S. The first-order valence-corrected chi connectivity index (χ1v) is 7.28. The van der Waals surface area contributed by atoms with Gasteiger partial charge in [0.2, 0.25) is 10.0 Å². The van der Waals surface area contributed by atoms with Gasteiger partial charge in [-0.15, -0.1) is 10.2 Å². The molecule has 20 heavy (non-hydrogen) atoms. The summed E-state index contributed by atoms with van der Waals surface area (Å²) in [4.78, 5) is 3.87. The number of nitriles is 1. The summed E-state index contributed by atoms with van der Waals surface area (Å²) in [6.45, 7) is 1.06. The Bertz CT molecular complexity index is 774. The molecule has 3 heterocycles. The van der Waals surface area contributed by atoms with Gasteiger partial charge in [-0.25, -0.2) is 13.4 Å². The molecule has 0 N–H and O–H groups in total. The number of sulfonamides is 1. The Balaban J connectivity index is 1.91. The highest BCUT2D eigenvalue weighted by Gasteiger charge is 2.29. The molecule has 0 saturated carbocycles. The first kappa shape index (κ1) is 12.7. The molecule has 0 spiro atoms. The number of nitrogens with zero attached hydrogens (tertiary/aromatic N) is 6. The molecule has 0 aromatic carbocycles. The van der Waals surface area contributed by atoms with Gasteiger partial charge in [-0.3, -0.25) is 0 Å². The van der Waals surface area contributed by atoms with Gasteiger partial charge < -0.3 is 4.57 Å². The fourth-order valence-corrected chi connectivity index (χ4v) is 3.33. The average Bonchev–Trinajstić information content (AvgIpc) is 2.94. The largest absolute Gasteiger partial charge is 0.315 e. The van der Waals surface area contributed by atoms with E-state index in [-0.39, 0.29) is 17.1 Å². The minimum absolute atomic E-state index is 0.0736. The summed E-state index contributed by atoms with van der Waals surface area (Å²) in [5.41, 5.74) is 0.183. The second-order valence-corrected chi connectivity index (χ2v) is 6.21. The van der Waals surface area contributed by atoms with Crippen molar-refractivity contribution in [3.8, 4) is 6.07 Å². The van der Waals surface area contributed by atoms with Crippen LogP contribution < -0.4 is 0 Å². The fourth-order valence-electron chi connectivity index (χ4n) is 2.00. The summed E-state index contributed by atoms with van der Waals surface area (Å²) >= 11 is 0. The lowest BCUT2D eigenvalue weighted by Crippen LogP contribution is -2.38. The van der Waals surface area contributed by atoms with Crippen molar-refractivity contribution in [2.75, 3.05) is 6.54 Å². The molecule has 0 fully saturated rings. The molecule has 0 atom stereocenters. The highest BCUT2D eigenvalue weighted by Crippen LogP contribution is 2.20. The lowest BCUT2D eigenvalue weighted by atomic mass is 10.4. The van der Waals surface area contributed by atoms with Gasteiger partial charge in [0.1, 0.15) is 28.8 Å². The van der Waals surface area contributed by atoms with Gasteiger partial charge in [-0.05, 0) is 12.1 Å². The fraction of sp³-hybridized carbons (Fsp3) is 0.273. The zero-order valence-corrected chi connectivity index (χ0v) is 11.2. The molecule has 0 bridgehead atoms. The van der Waals surface area contributed by atoms with Gasteiger partial charge in [-0.1, -0.05) is 0 Å².